The quantitative estimate of drug-likeness (QED) is 0.138. The fourth-order valence-electron chi connectivity index (χ4n) is 8.42. The minimum absolute atomic E-state index is 0.0923. The molecular formula is C49H55NO19S. The second-order valence-corrected chi connectivity index (χ2v) is 19.0. The molecule has 2 amide bonds. The van der Waals surface area contributed by atoms with Crippen LogP contribution in [0.3, 0.4) is 0 Å². The molecule has 0 N–H and O–H groups in total. The first-order valence-corrected chi connectivity index (χ1v) is 23.2. The van der Waals surface area contributed by atoms with Gasteiger partial charge in [0.15, 0.2) is 24.6 Å². The van der Waals surface area contributed by atoms with Gasteiger partial charge in [-0.25, -0.2) is 24.1 Å². The van der Waals surface area contributed by atoms with Gasteiger partial charge in [0.05, 0.1) is 25.7 Å². The van der Waals surface area contributed by atoms with Crippen LogP contribution in [-0.2, 0) is 76.0 Å². The third-order valence-electron chi connectivity index (χ3n) is 11.3. The molecule has 0 aliphatic carbocycles. The SMILES string of the molecule is COC(=O)[C@@]1(O[C@H]2[C@H]3O[C@@H](c4ccccc4)OC[C@H]3O[C@@H](Sc3ccc(C)cc3)[C@@H]2OC(=O)c2ccccc2)C[C@@H]2OC(=O)N(C(=O)OC(C)(C)C)[C@H]2[C@H]([C@H](OC(C)=O)[C@@H](COC(C)=O)OC(C)=O)O1. The number of methoxy groups -OCH3 is 1. The number of carbonyl (C=O) groups excluding carboxylic acids is 7. The van der Waals surface area contributed by atoms with Crippen LogP contribution < -0.4 is 0 Å². The molecule has 0 spiro atoms. The first kappa shape index (κ1) is 51.7. The summed E-state index contributed by atoms with van der Waals surface area (Å²) in [6.45, 7) is 8.88. The van der Waals surface area contributed by atoms with Gasteiger partial charge in [-0.05, 0) is 52.0 Å². The molecule has 70 heavy (non-hydrogen) atoms. The van der Waals surface area contributed by atoms with Crippen molar-refractivity contribution in [2.75, 3.05) is 20.3 Å². The van der Waals surface area contributed by atoms with E-state index < -0.39 is 133 Å². The van der Waals surface area contributed by atoms with Gasteiger partial charge in [-0.1, -0.05) is 78.0 Å². The summed E-state index contributed by atoms with van der Waals surface area (Å²) in [7, 11) is 1.03. The predicted octanol–water partition coefficient (Wildman–Crippen LogP) is 5.75. The second kappa shape index (κ2) is 21.9. The lowest BCUT2D eigenvalue weighted by atomic mass is 9.87. The minimum Gasteiger partial charge on any atom is -0.465 e. The summed E-state index contributed by atoms with van der Waals surface area (Å²) in [6.07, 6.45) is -16.6. The van der Waals surface area contributed by atoms with Crippen molar-refractivity contribution in [1.29, 1.82) is 0 Å². The zero-order chi connectivity index (χ0) is 50.5. The summed E-state index contributed by atoms with van der Waals surface area (Å²) in [4.78, 5) is 96.3. The fourth-order valence-corrected chi connectivity index (χ4v) is 9.52. The van der Waals surface area contributed by atoms with Gasteiger partial charge in [-0.3, -0.25) is 14.4 Å². The van der Waals surface area contributed by atoms with Crippen molar-refractivity contribution in [3.8, 4) is 0 Å². The van der Waals surface area contributed by atoms with E-state index in [-0.39, 0.29) is 12.2 Å². The summed E-state index contributed by atoms with van der Waals surface area (Å²) in [5.41, 5.74) is -0.543. The summed E-state index contributed by atoms with van der Waals surface area (Å²) < 4.78 is 73.2. The minimum atomic E-state index is -2.75. The number of hydrogen-bond acceptors (Lipinski definition) is 20. The zero-order valence-electron chi connectivity index (χ0n) is 39.7. The van der Waals surface area contributed by atoms with Gasteiger partial charge in [0.25, 0.3) is 5.79 Å². The number of benzene rings is 3. The highest BCUT2D eigenvalue weighted by Gasteiger charge is 2.67. The Bertz CT molecular complexity index is 2380. The number of amides is 2. The molecule has 0 saturated carbocycles. The number of rotatable bonds is 14. The molecule has 21 heteroatoms. The van der Waals surface area contributed by atoms with E-state index in [1.165, 1.54) is 11.8 Å². The second-order valence-electron chi connectivity index (χ2n) is 17.8. The van der Waals surface area contributed by atoms with Crippen LogP contribution in [0.2, 0.25) is 0 Å². The van der Waals surface area contributed by atoms with Gasteiger partial charge in [-0.15, -0.1) is 0 Å². The molecule has 4 aliphatic rings. The number of hydrogen-bond donors (Lipinski definition) is 0. The number of aryl methyl sites for hydroxylation is 1. The summed E-state index contributed by atoms with van der Waals surface area (Å²) in [6, 6.07) is 22.9. The molecule has 7 rings (SSSR count). The molecule has 4 saturated heterocycles. The number of imide groups is 1. The first-order valence-electron chi connectivity index (χ1n) is 22.4. The van der Waals surface area contributed by atoms with E-state index in [0.29, 0.717) is 15.4 Å². The van der Waals surface area contributed by atoms with E-state index in [2.05, 4.69) is 0 Å². The average Bonchev–Trinajstić information content (AvgIpc) is 3.65. The van der Waals surface area contributed by atoms with Crippen LogP contribution in [0, 0.1) is 6.92 Å². The number of nitrogens with zero attached hydrogens (tertiary/aromatic N) is 1. The van der Waals surface area contributed by atoms with Crippen LogP contribution in [0.4, 0.5) is 9.59 Å². The lowest BCUT2D eigenvalue weighted by Crippen LogP contribution is -2.70. The van der Waals surface area contributed by atoms with Gasteiger partial charge in [0.1, 0.15) is 54.2 Å². The average molecular weight is 994 g/mol. The molecule has 3 aromatic carbocycles. The highest BCUT2D eigenvalue weighted by Crippen LogP contribution is 2.47. The Morgan fingerprint density at radius 2 is 1.49 bits per heavy atom. The predicted molar refractivity (Wildman–Crippen MR) is 240 cm³/mol. The first-order chi connectivity index (χ1) is 33.2. The fraction of sp³-hybridized carbons (Fsp3) is 0.490. The Kier molecular flexibility index (Phi) is 16.2. The monoisotopic (exact) mass is 993 g/mol. The normalized spacial score (nSPS) is 28.1. The maximum absolute atomic E-state index is 14.8. The topological polar surface area (TPSA) is 233 Å². The van der Waals surface area contributed by atoms with Gasteiger partial charge in [0.2, 0.25) is 0 Å². The Morgan fingerprint density at radius 3 is 2.10 bits per heavy atom. The highest BCUT2D eigenvalue weighted by atomic mass is 32.2. The molecule has 0 unspecified atom stereocenters. The molecule has 4 aliphatic heterocycles. The van der Waals surface area contributed by atoms with Crippen molar-refractivity contribution in [2.45, 2.75) is 138 Å². The third-order valence-corrected chi connectivity index (χ3v) is 12.5. The molecule has 12 atom stereocenters. The number of ether oxygens (including phenoxy) is 12. The molecule has 20 nitrogen and oxygen atoms in total. The van der Waals surface area contributed by atoms with E-state index in [4.69, 9.17) is 56.8 Å². The van der Waals surface area contributed by atoms with Crippen LogP contribution in [0.5, 0.6) is 0 Å². The smallest absolute Gasteiger partial charge is 0.420 e. The van der Waals surface area contributed by atoms with Crippen molar-refractivity contribution in [3.05, 3.63) is 102 Å². The Labute approximate surface area is 407 Å². The molecular weight excluding hydrogens is 939 g/mol. The Morgan fingerprint density at radius 1 is 0.829 bits per heavy atom. The van der Waals surface area contributed by atoms with Crippen LogP contribution in [0.25, 0.3) is 0 Å². The standard InChI is InChI=1S/C49H55NO19S/c1-26-19-21-32(22-20-26)70-44-41(65-42(54)30-15-11-9-12-16-30)40(38-35(63-44)25-60-43(66-38)31-17-13-10-14-18-31)68-49(45(55)58-8)23-33-36(50(46(56)64-33)47(57)69-48(5,6)7)39(67-49)37(62-29(4)53)34(61-28(3)52)24-59-27(2)51/h9-22,33-41,43-44H,23-25H2,1-8H3/t33-,34+,35+,36+,37+,38-,39+,40-,41+,43-,44-,49-/m0/s1. The van der Waals surface area contributed by atoms with Gasteiger partial charge >= 0.3 is 42.0 Å². The zero-order valence-corrected chi connectivity index (χ0v) is 40.5. The number of carbonyl (C=O) groups is 7. The van der Waals surface area contributed by atoms with Crippen molar-refractivity contribution in [1.82, 2.24) is 4.90 Å². The lowest BCUT2D eigenvalue weighted by Gasteiger charge is -2.52. The van der Waals surface area contributed by atoms with Crippen LogP contribution in [0.15, 0.2) is 89.8 Å². The number of fused-ring (bicyclic) bond motifs is 2. The Hall–Kier alpha value is -6.10. The van der Waals surface area contributed by atoms with Crippen molar-refractivity contribution < 1.29 is 90.4 Å². The highest BCUT2D eigenvalue weighted by molar-refractivity contribution is 7.99. The van der Waals surface area contributed by atoms with Crippen LogP contribution >= 0.6 is 11.8 Å². The van der Waals surface area contributed by atoms with E-state index in [1.54, 1.807) is 75.4 Å². The van der Waals surface area contributed by atoms with Crippen LogP contribution in [-0.4, -0.2) is 139 Å². The van der Waals surface area contributed by atoms with E-state index >= 15 is 0 Å². The largest absolute Gasteiger partial charge is 0.465 e. The lowest BCUT2D eigenvalue weighted by molar-refractivity contribution is -0.374. The van der Waals surface area contributed by atoms with Gasteiger partial charge in [-0.2, -0.15) is 0 Å². The van der Waals surface area contributed by atoms with E-state index in [0.717, 1.165) is 33.4 Å². The third kappa shape index (κ3) is 12.1. The molecule has 0 radical (unpaired) electrons. The number of esters is 5. The van der Waals surface area contributed by atoms with Crippen molar-refractivity contribution in [2.24, 2.45) is 0 Å². The molecule has 0 aromatic heterocycles. The Balaban J connectivity index is 1.40. The van der Waals surface area contributed by atoms with Crippen molar-refractivity contribution >= 4 is 53.8 Å². The van der Waals surface area contributed by atoms with E-state index in [1.807, 2.05) is 37.3 Å². The molecule has 4 heterocycles. The number of thioether (sulfide) groups is 1. The summed E-state index contributed by atoms with van der Waals surface area (Å²) in [5, 5.41) is 0. The summed E-state index contributed by atoms with van der Waals surface area (Å²) in [5.74, 6) is -7.54. The maximum Gasteiger partial charge on any atom is 0.420 e. The molecule has 376 valence electrons. The molecule has 4 fully saturated rings. The van der Waals surface area contributed by atoms with Gasteiger partial charge in [0, 0.05) is 31.2 Å². The van der Waals surface area contributed by atoms with Crippen molar-refractivity contribution in [3.63, 3.8) is 0 Å². The van der Waals surface area contributed by atoms with Gasteiger partial charge < -0.3 is 56.8 Å². The molecule has 3 aromatic rings. The molecule has 0 bridgehead atoms. The summed E-state index contributed by atoms with van der Waals surface area (Å²) >= 11 is 1.18. The maximum atomic E-state index is 14.8. The van der Waals surface area contributed by atoms with Crippen LogP contribution in [0.1, 0.15) is 75.7 Å². The van der Waals surface area contributed by atoms with E-state index in [9.17, 15) is 33.6 Å².